The summed E-state index contributed by atoms with van der Waals surface area (Å²) in [5.74, 6) is 1.14. The summed E-state index contributed by atoms with van der Waals surface area (Å²) in [6, 6.07) is 7.89. The van der Waals surface area contributed by atoms with Gasteiger partial charge >= 0.3 is 0 Å². The Morgan fingerprint density at radius 3 is 2.24 bits per heavy atom. The Balaban J connectivity index is 2.93. The van der Waals surface area contributed by atoms with E-state index in [0.29, 0.717) is 25.4 Å². The van der Waals surface area contributed by atoms with Crippen molar-refractivity contribution >= 4 is 10.0 Å². The Labute approximate surface area is 128 Å². The first-order chi connectivity index (χ1) is 9.73. The Hall–Kier alpha value is -1.07. The summed E-state index contributed by atoms with van der Waals surface area (Å²) < 4.78 is 28.9. The van der Waals surface area contributed by atoms with Crippen molar-refractivity contribution in [2.75, 3.05) is 12.4 Å². The van der Waals surface area contributed by atoms with Gasteiger partial charge in [-0.05, 0) is 30.4 Å². The van der Waals surface area contributed by atoms with E-state index in [1.165, 1.54) is 0 Å². The molecule has 0 saturated carbocycles. The average Bonchev–Trinajstić information content (AvgIpc) is 2.42. The Bertz CT molecular complexity index is 548. The maximum absolute atomic E-state index is 11.5. The van der Waals surface area contributed by atoms with Crippen molar-refractivity contribution in [3.8, 4) is 5.75 Å². The lowest BCUT2D eigenvalue weighted by Crippen LogP contribution is -2.37. The Kier molecular flexibility index (Phi) is 6.23. The van der Waals surface area contributed by atoms with Crippen LogP contribution < -0.4 is 9.88 Å². The van der Waals surface area contributed by atoms with Crippen LogP contribution in [-0.2, 0) is 10.0 Å². The second kappa shape index (κ2) is 7.27. The fourth-order valence-corrected chi connectivity index (χ4v) is 3.79. The summed E-state index contributed by atoms with van der Waals surface area (Å²) in [5.41, 5.74) is 0.701. The molecule has 0 radical (unpaired) electrons. The molecule has 0 atom stereocenters. The van der Waals surface area contributed by atoms with E-state index in [9.17, 15) is 8.42 Å². The highest BCUT2D eigenvalue weighted by Gasteiger charge is 2.32. The molecule has 0 aliphatic heterocycles. The van der Waals surface area contributed by atoms with Gasteiger partial charge in [-0.15, -0.1) is 0 Å². The largest absolute Gasteiger partial charge is 0.493 e. The van der Waals surface area contributed by atoms with Crippen molar-refractivity contribution in [1.29, 1.82) is 0 Å². The molecular formula is C16H27NO3S. The van der Waals surface area contributed by atoms with Crippen LogP contribution in [0.3, 0.4) is 0 Å². The van der Waals surface area contributed by atoms with E-state index < -0.39 is 15.4 Å². The molecule has 0 aliphatic rings. The lowest BCUT2D eigenvalue weighted by Gasteiger charge is -2.31. The van der Waals surface area contributed by atoms with Gasteiger partial charge in [0.05, 0.1) is 12.4 Å². The van der Waals surface area contributed by atoms with Gasteiger partial charge in [-0.2, -0.15) is 0 Å². The number of ether oxygens (including phenoxy) is 1. The number of sulfonamides is 1. The molecular weight excluding hydrogens is 286 g/mol. The van der Waals surface area contributed by atoms with Crippen molar-refractivity contribution in [3.63, 3.8) is 0 Å². The zero-order valence-electron chi connectivity index (χ0n) is 13.4. The van der Waals surface area contributed by atoms with E-state index in [1.54, 1.807) is 0 Å². The number of para-hydroxylation sites is 1. The molecule has 4 nitrogen and oxygen atoms in total. The van der Waals surface area contributed by atoms with Gasteiger partial charge in [0.1, 0.15) is 5.75 Å². The summed E-state index contributed by atoms with van der Waals surface area (Å²) in [5, 5.41) is 5.24. The van der Waals surface area contributed by atoms with Crippen LogP contribution in [0, 0.1) is 5.41 Å². The first-order valence-electron chi connectivity index (χ1n) is 7.45. The van der Waals surface area contributed by atoms with Gasteiger partial charge in [-0.1, -0.05) is 45.9 Å². The number of hydrogen-bond acceptors (Lipinski definition) is 3. The van der Waals surface area contributed by atoms with E-state index >= 15 is 0 Å². The number of primary sulfonamides is 1. The first kappa shape index (κ1) is 18.0. The van der Waals surface area contributed by atoms with Crippen LogP contribution in [-0.4, -0.2) is 20.8 Å². The number of benzene rings is 1. The number of hydrogen-bond donors (Lipinski definition) is 1. The lowest BCUT2D eigenvalue weighted by molar-refractivity contribution is 0.153. The van der Waals surface area contributed by atoms with Crippen molar-refractivity contribution in [2.24, 2.45) is 10.6 Å². The van der Waals surface area contributed by atoms with Crippen LogP contribution in [0.4, 0.5) is 0 Å². The first-order valence-corrected chi connectivity index (χ1v) is 9.17. The van der Waals surface area contributed by atoms with Crippen LogP contribution in [0.5, 0.6) is 5.75 Å². The van der Waals surface area contributed by atoms with E-state index in [2.05, 4.69) is 13.8 Å². The predicted molar refractivity (Wildman–Crippen MR) is 87.0 cm³/mol. The fraction of sp³-hybridized carbons (Fsp3) is 0.625. The highest BCUT2D eigenvalue weighted by Crippen LogP contribution is 2.32. The molecule has 0 saturated heterocycles. The van der Waals surface area contributed by atoms with Crippen molar-refractivity contribution in [1.82, 2.24) is 0 Å². The highest BCUT2D eigenvalue weighted by atomic mass is 32.2. The standard InChI is InChI=1S/C16H27NO3S/c1-5-16(6-2,12-21(17,18)19)11-20-15-10-8-7-9-14(15)13(3)4/h7-10,13H,5-6,11-12H2,1-4H3,(H2,17,18,19). The van der Waals surface area contributed by atoms with Crippen LogP contribution in [0.15, 0.2) is 24.3 Å². The quantitative estimate of drug-likeness (QED) is 0.800. The molecule has 0 amide bonds. The summed E-state index contributed by atoms with van der Waals surface area (Å²) >= 11 is 0. The zero-order valence-corrected chi connectivity index (χ0v) is 14.2. The minimum atomic E-state index is -3.52. The van der Waals surface area contributed by atoms with Crippen LogP contribution in [0.25, 0.3) is 0 Å². The van der Waals surface area contributed by atoms with Crippen molar-refractivity contribution < 1.29 is 13.2 Å². The molecule has 1 rings (SSSR count). The molecule has 0 fully saturated rings. The molecule has 21 heavy (non-hydrogen) atoms. The van der Waals surface area contributed by atoms with E-state index in [0.717, 1.165) is 11.3 Å². The van der Waals surface area contributed by atoms with Gasteiger partial charge in [0.15, 0.2) is 0 Å². The fourth-order valence-electron chi connectivity index (χ4n) is 2.45. The lowest BCUT2D eigenvalue weighted by atomic mass is 9.85. The SMILES string of the molecule is CCC(CC)(COc1ccccc1C(C)C)CS(N)(=O)=O. The topological polar surface area (TPSA) is 69.4 Å². The summed E-state index contributed by atoms with van der Waals surface area (Å²) in [7, 11) is -3.52. The van der Waals surface area contributed by atoms with Gasteiger partial charge < -0.3 is 4.74 Å². The van der Waals surface area contributed by atoms with Crippen LogP contribution >= 0.6 is 0 Å². The predicted octanol–water partition coefficient (Wildman–Crippen LogP) is 3.28. The Morgan fingerprint density at radius 1 is 1.19 bits per heavy atom. The smallest absolute Gasteiger partial charge is 0.209 e. The molecule has 2 N–H and O–H groups in total. The molecule has 120 valence electrons. The summed E-state index contributed by atoms with van der Waals surface area (Å²) in [6.07, 6.45) is 1.42. The molecule has 1 aromatic carbocycles. The average molecular weight is 313 g/mol. The van der Waals surface area contributed by atoms with Crippen LogP contribution in [0.1, 0.15) is 52.0 Å². The van der Waals surface area contributed by atoms with Gasteiger partial charge in [0, 0.05) is 5.41 Å². The molecule has 0 unspecified atom stereocenters. The minimum absolute atomic E-state index is 0.0448. The maximum atomic E-state index is 11.5. The molecule has 0 spiro atoms. The molecule has 5 heteroatoms. The van der Waals surface area contributed by atoms with Gasteiger partial charge in [-0.25, -0.2) is 13.6 Å². The second-order valence-electron chi connectivity index (χ2n) is 6.00. The number of rotatable bonds is 8. The normalized spacial score (nSPS) is 12.7. The van der Waals surface area contributed by atoms with E-state index in [-0.39, 0.29) is 5.75 Å². The van der Waals surface area contributed by atoms with Crippen LogP contribution in [0.2, 0.25) is 0 Å². The van der Waals surface area contributed by atoms with Gasteiger partial charge in [-0.3, -0.25) is 0 Å². The third-order valence-electron chi connectivity index (χ3n) is 4.08. The van der Waals surface area contributed by atoms with Crippen molar-refractivity contribution in [2.45, 2.75) is 46.5 Å². The third kappa shape index (κ3) is 5.32. The Morgan fingerprint density at radius 2 is 1.76 bits per heavy atom. The summed E-state index contributed by atoms with van der Waals surface area (Å²) in [4.78, 5) is 0. The molecule has 1 aromatic rings. The number of nitrogens with two attached hydrogens (primary N) is 1. The molecule has 0 bridgehead atoms. The monoisotopic (exact) mass is 313 g/mol. The van der Waals surface area contributed by atoms with E-state index in [1.807, 2.05) is 38.1 Å². The second-order valence-corrected chi connectivity index (χ2v) is 7.61. The highest BCUT2D eigenvalue weighted by molar-refractivity contribution is 7.89. The van der Waals surface area contributed by atoms with Gasteiger partial charge in [0.25, 0.3) is 0 Å². The van der Waals surface area contributed by atoms with Crippen molar-refractivity contribution in [3.05, 3.63) is 29.8 Å². The van der Waals surface area contributed by atoms with Gasteiger partial charge in [0.2, 0.25) is 10.0 Å². The minimum Gasteiger partial charge on any atom is -0.493 e. The third-order valence-corrected chi connectivity index (χ3v) is 5.10. The summed E-state index contributed by atoms with van der Waals surface area (Å²) in [6.45, 7) is 8.54. The maximum Gasteiger partial charge on any atom is 0.209 e. The zero-order chi connectivity index (χ0) is 16.1. The molecule has 0 aliphatic carbocycles. The van der Waals surface area contributed by atoms with E-state index in [4.69, 9.17) is 9.88 Å². The molecule has 0 heterocycles. The molecule has 0 aromatic heterocycles.